The van der Waals surface area contributed by atoms with E-state index in [0.29, 0.717) is 35.7 Å². The summed E-state index contributed by atoms with van der Waals surface area (Å²) in [7, 11) is 0. The lowest BCUT2D eigenvalue weighted by Crippen LogP contribution is -2.62. The van der Waals surface area contributed by atoms with Crippen molar-refractivity contribution < 1.29 is 4.79 Å². The third-order valence-electron chi connectivity index (χ3n) is 7.07. The van der Waals surface area contributed by atoms with Gasteiger partial charge in [0.2, 0.25) is 5.91 Å². The average molecular weight is 338 g/mol. The van der Waals surface area contributed by atoms with Gasteiger partial charge in [0, 0.05) is 37.6 Å². The smallest absolute Gasteiger partial charge is 0.225 e. The maximum atomic E-state index is 12.6. The third-order valence-corrected chi connectivity index (χ3v) is 7.07. The molecule has 0 aromatic heterocycles. The number of fused-ring (bicyclic) bond motifs is 4. The fraction of sp³-hybridized carbons (Fsp3) is 0.682. The third kappa shape index (κ3) is 3.12. The number of carbonyl (C=O) groups excluding carboxylic acids is 1. The Hall–Kier alpha value is -1.35. The number of amides is 1. The fourth-order valence-corrected chi connectivity index (χ4v) is 5.79. The number of benzene rings is 1. The number of piperidine rings is 3. The van der Waals surface area contributed by atoms with Crippen molar-refractivity contribution in [3.8, 4) is 0 Å². The topological polar surface area (TPSA) is 23.6 Å². The number of hydrogen-bond donors (Lipinski definition) is 0. The predicted molar refractivity (Wildman–Crippen MR) is 99.2 cm³/mol. The van der Waals surface area contributed by atoms with Crippen LogP contribution in [0.2, 0.25) is 0 Å². The molecule has 3 saturated heterocycles. The molecule has 1 aromatic carbocycles. The van der Waals surface area contributed by atoms with E-state index in [2.05, 4.69) is 40.1 Å². The maximum Gasteiger partial charge on any atom is 0.225 e. The van der Waals surface area contributed by atoms with Crippen molar-refractivity contribution in [2.75, 3.05) is 19.6 Å². The fourth-order valence-electron chi connectivity index (χ4n) is 5.79. The molecule has 1 aliphatic carbocycles. The van der Waals surface area contributed by atoms with Gasteiger partial charge >= 0.3 is 0 Å². The Morgan fingerprint density at radius 1 is 1.00 bits per heavy atom. The first-order valence-corrected chi connectivity index (χ1v) is 10.4. The molecule has 5 rings (SSSR count). The predicted octanol–water partition coefficient (Wildman–Crippen LogP) is 3.34. The number of carbonyl (C=O) groups is 1. The first kappa shape index (κ1) is 15.9. The summed E-state index contributed by atoms with van der Waals surface area (Å²) < 4.78 is 0. The van der Waals surface area contributed by atoms with Crippen molar-refractivity contribution in [1.82, 2.24) is 9.80 Å². The molecule has 0 radical (unpaired) electrons. The molecule has 25 heavy (non-hydrogen) atoms. The zero-order valence-electron chi connectivity index (χ0n) is 15.1. The lowest BCUT2D eigenvalue weighted by molar-refractivity contribution is -0.140. The number of likely N-dealkylation sites (tertiary alicyclic amines) is 1. The van der Waals surface area contributed by atoms with E-state index in [1.807, 2.05) is 0 Å². The molecular weight excluding hydrogens is 308 g/mol. The lowest BCUT2D eigenvalue weighted by atomic mass is 9.74. The minimum Gasteiger partial charge on any atom is -0.342 e. The van der Waals surface area contributed by atoms with Crippen LogP contribution in [0.5, 0.6) is 0 Å². The summed E-state index contributed by atoms with van der Waals surface area (Å²) in [4.78, 5) is 17.7. The van der Waals surface area contributed by atoms with Crippen molar-refractivity contribution in [3.63, 3.8) is 0 Å². The average Bonchev–Trinajstić information content (AvgIpc) is 3.48. The van der Waals surface area contributed by atoms with Gasteiger partial charge < -0.3 is 4.90 Å². The quantitative estimate of drug-likeness (QED) is 0.844. The summed E-state index contributed by atoms with van der Waals surface area (Å²) in [5.74, 6) is 2.27. The largest absolute Gasteiger partial charge is 0.342 e. The molecule has 3 heteroatoms. The number of nitrogens with zero attached hydrogens (tertiary/aromatic N) is 2. The van der Waals surface area contributed by atoms with Crippen LogP contribution in [0, 0.1) is 17.8 Å². The molecule has 4 atom stereocenters. The van der Waals surface area contributed by atoms with Crippen molar-refractivity contribution in [2.45, 2.75) is 57.0 Å². The van der Waals surface area contributed by atoms with Crippen LogP contribution in [0.3, 0.4) is 0 Å². The van der Waals surface area contributed by atoms with E-state index in [0.717, 1.165) is 25.9 Å². The highest BCUT2D eigenvalue weighted by Crippen LogP contribution is 2.41. The van der Waals surface area contributed by atoms with Crippen molar-refractivity contribution in [1.29, 1.82) is 0 Å². The summed E-state index contributed by atoms with van der Waals surface area (Å²) in [5, 5.41) is 0. The summed E-state index contributed by atoms with van der Waals surface area (Å²) in [6.07, 6.45) is 8.87. The van der Waals surface area contributed by atoms with Crippen molar-refractivity contribution >= 4 is 5.91 Å². The van der Waals surface area contributed by atoms with E-state index >= 15 is 0 Å². The molecule has 3 heterocycles. The van der Waals surface area contributed by atoms with Gasteiger partial charge in [-0.15, -0.1) is 0 Å². The van der Waals surface area contributed by atoms with Crippen LogP contribution in [0.1, 0.15) is 44.1 Å². The Labute approximate surface area is 151 Å². The van der Waals surface area contributed by atoms with Gasteiger partial charge in [-0.05, 0) is 55.9 Å². The second kappa shape index (κ2) is 6.42. The van der Waals surface area contributed by atoms with Crippen LogP contribution in [0.25, 0.3) is 0 Å². The zero-order chi connectivity index (χ0) is 16.8. The summed E-state index contributed by atoms with van der Waals surface area (Å²) in [5.41, 5.74) is 1.48. The molecule has 0 N–H and O–H groups in total. The van der Waals surface area contributed by atoms with Gasteiger partial charge in [-0.25, -0.2) is 0 Å². The van der Waals surface area contributed by atoms with Gasteiger partial charge in [0.15, 0.2) is 0 Å². The minimum atomic E-state index is 0.382. The van der Waals surface area contributed by atoms with Crippen LogP contribution >= 0.6 is 0 Å². The Kier molecular flexibility index (Phi) is 4.08. The normalized spacial score (nSPS) is 35.3. The molecule has 3 nitrogen and oxygen atoms in total. The lowest BCUT2D eigenvalue weighted by Gasteiger charge is -2.55. The first-order chi connectivity index (χ1) is 12.3. The monoisotopic (exact) mass is 338 g/mol. The van der Waals surface area contributed by atoms with Gasteiger partial charge in [0.1, 0.15) is 0 Å². The second-order valence-electron chi connectivity index (χ2n) is 8.92. The Bertz CT molecular complexity index is 626. The minimum absolute atomic E-state index is 0.382. The summed E-state index contributed by atoms with van der Waals surface area (Å²) in [6, 6.07) is 12.4. The van der Waals surface area contributed by atoms with Crippen LogP contribution in [-0.4, -0.2) is 47.4 Å². The maximum absolute atomic E-state index is 12.6. The number of hydrogen-bond acceptors (Lipinski definition) is 2. The Morgan fingerprint density at radius 3 is 2.64 bits per heavy atom. The summed E-state index contributed by atoms with van der Waals surface area (Å²) >= 11 is 0. The molecule has 4 aliphatic rings. The van der Waals surface area contributed by atoms with Crippen molar-refractivity contribution in [3.05, 3.63) is 35.9 Å². The van der Waals surface area contributed by atoms with E-state index in [1.165, 1.54) is 44.2 Å². The SMILES string of the molecule is O=C(C1CC1)N1C[C@@H]2C[C@H](C1)[C@@H]1CCC[C@H](Cc3ccccc3)N1C2. The summed E-state index contributed by atoms with van der Waals surface area (Å²) in [6.45, 7) is 3.27. The highest BCUT2D eigenvalue weighted by atomic mass is 16.2. The van der Waals surface area contributed by atoms with E-state index < -0.39 is 0 Å². The molecular formula is C22H30N2O. The molecule has 1 aromatic rings. The van der Waals surface area contributed by atoms with E-state index in [9.17, 15) is 4.79 Å². The zero-order valence-corrected chi connectivity index (χ0v) is 15.1. The molecule has 2 bridgehead atoms. The molecule has 0 unspecified atom stereocenters. The van der Waals surface area contributed by atoms with Crippen molar-refractivity contribution in [2.24, 2.45) is 17.8 Å². The van der Waals surface area contributed by atoms with Crippen LogP contribution in [-0.2, 0) is 11.2 Å². The molecule has 3 aliphatic heterocycles. The Balaban J connectivity index is 1.31. The number of rotatable bonds is 3. The van der Waals surface area contributed by atoms with E-state index in [-0.39, 0.29) is 0 Å². The van der Waals surface area contributed by atoms with Gasteiger partial charge in [-0.2, -0.15) is 0 Å². The Morgan fingerprint density at radius 2 is 1.84 bits per heavy atom. The van der Waals surface area contributed by atoms with Crippen LogP contribution in [0.15, 0.2) is 30.3 Å². The van der Waals surface area contributed by atoms with Gasteiger partial charge in [0.25, 0.3) is 0 Å². The first-order valence-electron chi connectivity index (χ1n) is 10.4. The highest BCUT2D eigenvalue weighted by Gasteiger charge is 2.46. The van der Waals surface area contributed by atoms with Crippen LogP contribution < -0.4 is 0 Å². The standard InChI is InChI=1S/C22H30N2O/c25-22(18-9-10-18)23-13-17-11-19(15-23)21-8-4-7-20(24(21)14-17)12-16-5-2-1-3-6-16/h1-3,5-6,17-21H,4,7-15H2/t17-,19+,20+,21-/m0/s1. The molecule has 4 fully saturated rings. The van der Waals surface area contributed by atoms with E-state index in [1.54, 1.807) is 0 Å². The molecule has 0 spiro atoms. The second-order valence-corrected chi connectivity index (χ2v) is 8.92. The molecule has 1 saturated carbocycles. The van der Waals surface area contributed by atoms with Gasteiger partial charge in [-0.3, -0.25) is 9.69 Å². The highest BCUT2D eigenvalue weighted by molar-refractivity contribution is 5.81. The van der Waals surface area contributed by atoms with Gasteiger partial charge in [0.05, 0.1) is 0 Å². The van der Waals surface area contributed by atoms with Crippen LogP contribution in [0.4, 0.5) is 0 Å². The molecule has 134 valence electrons. The van der Waals surface area contributed by atoms with Gasteiger partial charge in [-0.1, -0.05) is 36.8 Å². The van der Waals surface area contributed by atoms with E-state index in [4.69, 9.17) is 0 Å². The molecule has 1 amide bonds.